The van der Waals surface area contributed by atoms with Crippen LogP contribution in [0.25, 0.3) is 0 Å². The molecule has 1 aromatic heterocycles. The minimum Gasteiger partial charge on any atom is -0.444 e. The Labute approximate surface area is 196 Å². The molecule has 0 fully saturated rings. The topological polar surface area (TPSA) is 81.4 Å². The molecule has 3 aromatic rings. The molecule has 32 heavy (non-hydrogen) atoms. The van der Waals surface area contributed by atoms with Gasteiger partial charge in [-0.2, -0.15) is 9.78 Å². The Morgan fingerprint density at radius 3 is 2.56 bits per heavy atom. The molecule has 7 nitrogen and oxygen atoms in total. The second-order valence-electron chi connectivity index (χ2n) is 8.38. The van der Waals surface area contributed by atoms with Crippen molar-refractivity contribution in [3.63, 3.8) is 0 Å². The monoisotopic (exact) mass is 469 g/mol. The number of carbonyl (C=O) groups is 1. The Kier molecular flexibility index (Phi) is 6.53. The molecule has 0 aliphatic carbocycles. The maximum atomic E-state index is 12.6. The molecule has 2 heterocycles. The molecule has 1 N–H and O–H groups in total. The van der Waals surface area contributed by atoms with Crippen LogP contribution in [0.4, 0.5) is 4.79 Å². The second kappa shape index (κ2) is 9.34. The molecule has 1 aliphatic heterocycles. The maximum Gasteiger partial charge on any atom is 0.408 e. The first-order valence-electron chi connectivity index (χ1n) is 10.2. The van der Waals surface area contributed by atoms with Crippen LogP contribution in [-0.2, 0) is 11.2 Å². The van der Waals surface area contributed by atoms with Crippen molar-refractivity contribution < 1.29 is 9.53 Å². The van der Waals surface area contributed by atoms with Gasteiger partial charge in [0.2, 0.25) is 5.16 Å². The van der Waals surface area contributed by atoms with Crippen LogP contribution in [-0.4, -0.2) is 38.0 Å². The van der Waals surface area contributed by atoms with Crippen molar-refractivity contribution in [2.24, 2.45) is 5.10 Å². The fourth-order valence-corrected chi connectivity index (χ4v) is 4.22. The molecule has 1 amide bonds. The van der Waals surface area contributed by atoms with Crippen molar-refractivity contribution in [1.82, 2.24) is 20.2 Å². The third kappa shape index (κ3) is 5.49. The highest BCUT2D eigenvalue weighted by molar-refractivity contribution is 7.99. The lowest BCUT2D eigenvalue weighted by Gasteiger charge is -2.24. The first-order valence-corrected chi connectivity index (χ1v) is 11.6. The zero-order valence-corrected chi connectivity index (χ0v) is 19.7. The average molecular weight is 470 g/mol. The van der Waals surface area contributed by atoms with Gasteiger partial charge >= 0.3 is 6.09 Å². The molecule has 166 valence electrons. The van der Waals surface area contributed by atoms with Gasteiger partial charge in [0, 0.05) is 17.2 Å². The number of hydrogen-bond acceptors (Lipinski definition) is 6. The third-order valence-electron chi connectivity index (χ3n) is 4.66. The van der Waals surface area contributed by atoms with E-state index >= 15 is 0 Å². The van der Waals surface area contributed by atoms with E-state index in [0.717, 1.165) is 16.8 Å². The summed E-state index contributed by atoms with van der Waals surface area (Å²) >= 11 is 7.58. The zero-order valence-electron chi connectivity index (χ0n) is 18.1. The summed E-state index contributed by atoms with van der Waals surface area (Å²) in [6, 6.07) is 17.0. The number of aromatic nitrogens is 3. The fourth-order valence-electron chi connectivity index (χ4n) is 3.25. The minimum absolute atomic E-state index is 0.470. The van der Waals surface area contributed by atoms with Crippen molar-refractivity contribution in [2.75, 3.05) is 5.75 Å². The van der Waals surface area contributed by atoms with Crippen LogP contribution in [0.1, 0.15) is 43.8 Å². The lowest BCUT2D eigenvalue weighted by molar-refractivity contribution is 0.0500. The van der Waals surface area contributed by atoms with Crippen LogP contribution in [0.2, 0.25) is 5.02 Å². The van der Waals surface area contributed by atoms with E-state index in [0.29, 0.717) is 28.2 Å². The third-order valence-corrected chi connectivity index (χ3v) is 5.84. The van der Waals surface area contributed by atoms with Crippen LogP contribution in [0.15, 0.2) is 64.9 Å². The number of ether oxygens (including phenoxy) is 1. The van der Waals surface area contributed by atoms with Gasteiger partial charge in [0.15, 0.2) is 5.82 Å². The van der Waals surface area contributed by atoms with Gasteiger partial charge in [-0.3, -0.25) is 0 Å². The molecule has 1 unspecified atom stereocenters. The molecule has 0 bridgehead atoms. The number of benzene rings is 2. The predicted molar refractivity (Wildman–Crippen MR) is 126 cm³/mol. The average Bonchev–Trinajstić information content (AvgIpc) is 3.16. The van der Waals surface area contributed by atoms with Crippen LogP contribution in [0.5, 0.6) is 0 Å². The molecule has 0 saturated carbocycles. The number of alkyl carbamates (subject to hydrolysis) is 1. The van der Waals surface area contributed by atoms with E-state index in [4.69, 9.17) is 21.4 Å². The van der Waals surface area contributed by atoms with Gasteiger partial charge in [-0.15, -0.1) is 10.2 Å². The second-order valence-corrected chi connectivity index (χ2v) is 9.76. The Morgan fingerprint density at radius 2 is 1.88 bits per heavy atom. The zero-order chi connectivity index (χ0) is 22.7. The standard InChI is InChI=1S/C23H24ClN5O2S/c1-23(2,3)31-22(30)25-18(13-15-7-5-4-6-8-15)20-26-27-21-29(20)28-19(14-32-21)16-9-11-17(24)12-10-16/h4-12,18H,13-14H2,1-3H3,(H,25,30). The largest absolute Gasteiger partial charge is 0.444 e. The van der Waals surface area contributed by atoms with Crippen molar-refractivity contribution >= 4 is 35.2 Å². The van der Waals surface area contributed by atoms with Gasteiger partial charge < -0.3 is 10.1 Å². The van der Waals surface area contributed by atoms with Gasteiger partial charge in [-0.05, 0) is 44.0 Å². The molecule has 1 atom stereocenters. The van der Waals surface area contributed by atoms with E-state index in [2.05, 4.69) is 15.5 Å². The number of nitrogens with one attached hydrogen (secondary N) is 1. The van der Waals surface area contributed by atoms with Gasteiger partial charge in [-0.1, -0.05) is 65.8 Å². The predicted octanol–water partition coefficient (Wildman–Crippen LogP) is 5.10. The Balaban J connectivity index is 1.67. The molecule has 1 aliphatic rings. The highest BCUT2D eigenvalue weighted by Gasteiger charge is 2.28. The summed E-state index contributed by atoms with van der Waals surface area (Å²) in [5.74, 6) is 1.22. The van der Waals surface area contributed by atoms with E-state index in [1.165, 1.54) is 0 Å². The van der Waals surface area contributed by atoms with Crippen molar-refractivity contribution in [3.05, 3.63) is 76.6 Å². The molecule has 0 spiro atoms. The van der Waals surface area contributed by atoms with Crippen LogP contribution in [0.3, 0.4) is 0 Å². The SMILES string of the molecule is CC(C)(C)OC(=O)NC(Cc1ccccc1)c1nnc2n1N=C(c1ccc(Cl)cc1)CS2. The number of rotatable bonds is 5. The summed E-state index contributed by atoms with van der Waals surface area (Å²) in [6.45, 7) is 5.49. The van der Waals surface area contributed by atoms with Gasteiger partial charge in [-0.25, -0.2) is 4.79 Å². The van der Waals surface area contributed by atoms with Crippen molar-refractivity contribution in [2.45, 2.75) is 44.0 Å². The number of amides is 1. The molecular formula is C23H24ClN5O2S. The van der Waals surface area contributed by atoms with E-state index in [-0.39, 0.29) is 0 Å². The smallest absolute Gasteiger partial charge is 0.408 e. The molecule has 9 heteroatoms. The molecule has 0 saturated heterocycles. The fraction of sp³-hybridized carbons (Fsp3) is 0.304. The molecule has 4 rings (SSSR count). The van der Waals surface area contributed by atoms with E-state index in [9.17, 15) is 4.79 Å². The summed E-state index contributed by atoms with van der Waals surface area (Å²) in [5, 5.41) is 17.8. The highest BCUT2D eigenvalue weighted by atomic mass is 35.5. The maximum absolute atomic E-state index is 12.6. The summed E-state index contributed by atoms with van der Waals surface area (Å²) in [7, 11) is 0. The first kappa shape index (κ1) is 22.4. The number of halogens is 1. The molecular weight excluding hydrogens is 446 g/mol. The van der Waals surface area contributed by atoms with Crippen molar-refractivity contribution in [3.8, 4) is 0 Å². The molecule has 0 radical (unpaired) electrons. The summed E-state index contributed by atoms with van der Waals surface area (Å²) in [6.07, 6.45) is 0.00968. The normalized spacial score (nSPS) is 14.3. The lowest BCUT2D eigenvalue weighted by Crippen LogP contribution is -2.37. The Hall–Kier alpha value is -2.84. The quantitative estimate of drug-likeness (QED) is 0.562. The number of thioether (sulfide) groups is 1. The number of hydrogen-bond donors (Lipinski definition) is 1. The molecule has 2 aromatic carbocycles. The van der Waals surface area contributed by atoms with Crippen molar-refractivity contribution in [1.29, 1.82) is 0 Å². The van der Waals surface area contributed by atoms with E-state index in [1.54, 1.807) is 16.4 Å². The Morgan fingerprint density at radius 1 is 1.16 bits per heavy atom. The van der Waals surface area contributed by atoms with Crippen LogP contribution >= 0.6 is 23.4 Å². The Bertz CT molecular complexity index is 1120. The van der Waals surface area contributed by atoms with Gasteiger partial charge in [0.25, 0.3) is 0 Å². The van der Waals surface area contributed by atoms with E-state index in [1.807, 2.05) is 75.4 Å². The highest BCUT2D eigenvalue weighted by Crippen LogP contribution is 2.28. The summed E-state index contributed by atoms with van der Waals surface area (Å²) in [4.78, 5) is 12.6. The minimum atomic E-state index is -0.610. The lowest BCUT2D eigenvalue weighted by atomic mass is 10.1. The van der Waals surface area contributed by atoms with E-state index < -0.39 is 17.7 Å². The summed E-state index contributed by atoms with van der Waals surface area (Å²) < 4.78 is 7.20. The number of carbonyl (C=O) groups excluding carboxylic acids is 1. The first-order chi connectivity index (χ1) is 15.3. The number of nitrogens with zero attached hydrogens (tertiary/aromatic N) is 4. The number of fused-ring (bicyclic) bond motifs is 1. The van der Waals surface area contributed by atoms with Gasteiger partial charge in [0.1, 0.15) is 5.60 Å². The van der Waals surface area contributed by atoms with Crippen LogP contribution < -0.4 is 5.32 Å². The van der Waals surface area contributed by atoms with Gasteiger partial charge in [0.05, 0.1) is 11.8 Å². The van der Waals surface area contributed by atoms with Crippen LogP contribution in [0, 0.1) is 0 Å². The summed E-state index contributed by atoms with van der Waals surface area (Å²) in [5.41, 5.74) is 2.31.